The minimum atomic E-state index is -0.304. The third-order valence-corrected chi connectivity index (χ3v) is 3.23. The molecule has 15 heavy (non-hydrogen) atoms. The molecular weight excluding hydrogens is 212 g/mol. The molecule has 80 valence electrons. The Morgan fingerprint density at radius 3 is 2.67 bits per heavy atom. The molecule has 1 aromatic rings. The number of likely N-dealkylation sites (tertiary alicyclic amines) is 1. The summed E-state index contributed by atoms with van der Waals surface area (Å²) in [5.41, 5.74) is 0. The van der Waals surface area contributed by atoms with Crippen LogP contribution in [-0.4, -0.2) is 29.9 Å². The normalized spacial score (nSPS) is 15.3. The molecule has 0 aliphatic carbocycles. The topological polar surface area (TPSA) is 49.4 Å². The lowest BCUT2D eigenvalue weighted by atomic mass is 10.4. The molecule has 1 aliphatic rings. The number of hydrogen-bond donors (Lipinski definition) is 1. The van der Waals surface area contributed by atoms with Gasteiger partial charge in [0.05, 0.1) is 4.88 Å². The molecule has 0 radical (unpaired) electrons. The van der Waals surface area contributed by atoms with Crippen molar-refractivity contribution in [2.45, 2.75) is 12.8 Å². The molecule has 0 bridgehead atoms. The van der Waals surface area contributed by atoms with E-state index in [1.807, 2.05) is 5.38 Å². The Balaban J connectivity index is 1.91. The zero-order valence-corrected chi connectivity index (χ0v) is 9.05. The third-order valence-electron chi connectivity index (χ3n) is 2.36. The van der Waals surface area contributed by atoms with Crippen LogP contribution in [0.2, 0.25) is 0 Å². The number of imide groups is 1. The van der Waals surface area contributed by atoms with Gasteiger partial charge in [0.1, 0.15) is 0 Å². The van der Waals surface area contributed by atoms with Gasteiger partial charge in [-0.1, -0.05) is 6.07 Å². The lowest BCUT2D eigenvalue weighted by Crippen LogP contribution is -2.41. The van der Waals surface area contributed by atoms with Crippen LogP contribution >= 0.6 is 11.3 Å². The molecule has 0 saturated carbocycles. The molecule has 1 saturated heterocycles. The van der Waals surface area contributed by atoms with Crippen LogP contribution in [0.5, 0.6) is 0 Å². The minimum Gasteiger partial charge on any atom is -0.324 e. The first-order valence-electron chi connectivity index (χ1n) is 4.91. The maximum absolute atomic E-state index is 11.5. The zero-order valence-electron chi connectivity index (χ0n) is 8.23. The second-order valence-corrected chi connectivity index (χ2v) is 4.38. The number of rotatable bonds is 1. The number of carbonyl (C=O) groups excluding carboxylic acids is 2. The monoisotopic (exact) mass is 224 g/mol. The maximum Gasteiger partial charge on any atom is 0.324 e. The van der Waals surface area contributed by atoms with Crippen molar-refractivity contribution in [2.24, 2.45) is 0 Å². The largest absolute Gasteiger partial charge is 0.324 e. The summed E-state index contributed by atoms with van der Waals surface area (Å²) in [7, 11) is 0. The van der Waals surface area contributed by atoms with E-state index in [4.69, 9.17) is 0 Å². The molecule has 2 rings (SSSR count). The molecule has 5 heteroatoms. The average Bonchev–Trinajstić information content (AvgIpc) is 2.91. The standard InChI is InChI=1S/C10H12N2O2S/c13-9(8-4-3-7-15-8)11-10(14)12-5-1-2-6-12/h3-4,7H,1-2,5-6H2,(H,11,13,14). The molecule has 0 atom stereocenters. The highest BCUT2D eigenvalue weighted by Gasteiger charge is 2.20. The van der Waals surface area contributed by atoms with E-state index in [-0.39, 0.29) is 11.9 Å². The first-order chi connectivity index (χ1) is 7.27. The van der Waals surface area contributed by atoms with E-state index in [2.05, 4.69) is 5.32 Å². The van der Waals surface area contributed by atoms with Crippen LogP contribution in [0.3, 0.4) is 0 Å². The highest BCUT2D eigenvalue weighted by atomic mass is 32.1. The van der Waals surface area contributed by atoms with Crippen LogP contribution in [0.15, 0.2) is 17.5 Å². The van der Waals surface area contributed by atoms with Crippen molar-refractivity contribution in [3.63, 3.8) is 0 Å². The van der Waals surface area contributed by atoms with Gasteiger partial charge in [0, 0.05) is 13.1 Å². The quantitative estimate of drug-likeness (QED) is 0.789. The van der Waals surface area contributed by atoms with E-state index in [0.29, 0.717) is 4.88 Å². The van der Waals surface area contributed by atoms with E-state index in [0.717, 1.165) is 25.9 Å². The van der Waals surface area contributed by atoms with Crippen molar-refractivity contribution >= 4 is 23.3 Å². The van der Waals surface area contributed by atoms with Crippen LogP contribution in [0.1, 0.15) is 22.5 Å². The fraction of sp³-hybridized carbons (Fsp3) is 0.400. The smallest absolute Gasteiger partial charge is 0.324 e. The molecule has 0 spiro atoms. The molecule has 2 heterocycles. The number of hydrogen-bond acceptors (Lipinski definition) is 3. The van der Waals surface area contributed by atoms with Crippen LogP contribution in [0, 0.1) is 0 Å². The van der Waals surface area contributed by atoms with Gasteiger partial charge in [-0.25, -0.2) is 4.79 Å². The van der Waals surface area contributed by atoms with Crippen LogP contribution in [0.4, 0.5) is 4.79 Å². The molecular formula is C10H12N2O2S. The summed E-state index contributed by atoms with van der Waals surface area (Å²) in [6, 6.07) is 3.22. The Hall–Kier alpha value is -1.36. The van der Waals surface area contributed by atoms with Gasteiger partial charge in [0.2, 0.25) is 0 Å². The van der Waals surface area contributed by atoms with Gasteiger partial charge >= 0.3 is 6.03 Å². The second-order valence-electron chi connectivity index (χ2n) is 3.43. The Kier molecular flexibility index (Phi) is 3.01. The van der Waals surface area contributed by atoms with Gasteiger partial charge in [0.25, 0.3) is 5.91 Å². The fourth-order valence-corrected chi connectivity index (χ4v) is 2.18. The maximum atomic E-state index is 11.5. The van der Waals surface area contributed by atoms with Gasteiger partial charge in [-0.3, -0.25) is 10.1 Å². The van der Waals surface area contributed by atoms with Gasteiger partial charge in [-0.05, 0) is 24.3 Å². The van der Waals surface area contributed by atoms with Gasteiger partial charge in [-0.2, -0.15) is 0 Å². The Morgan fingerprint density at radius 1 is 1.33 bits per heavy atom. The van der Waals surface area contributed by atoms with Crippen molar-refractivity contribution in [1.29, 1.82) is 0 Å². The molecule has 0 aromatic carbocycles. The number of nitrogens with zero attached hydrogens (tertiary/aromatic N) is 1. The first-order valence-corrected chi connectivity index (χ1v) is 5.79. The van der Waals surface area contributed by atoms with E-state index >= 15 is 0 Å². The average molecular weight is 224 g/mol. The van der Waals surface area contributed by atoms with E-state index in [1.54, 1.807) is 17.0 Å². The molecule has 1 N–H and O–H groups in total. The predicted molar refractivity (Wildman–Crippen MR) is 58.0 cm³/mol. The number of nitrogens with one attached hydrogen (secondary N) is 1. The molecule has 1 aliphatic heterocycles. The summed E-state index contributed by atoms with van der Waals surface area (Å²) < 4.78 is 0. The summed E-state index contributed by atoms with van der Waals surface area (Å²) in [5.74, 6) is -0.304. The van der Waals surface area contributed by atoms with E-state index in [1.165, 1.54) is 11.3 Å². The van der Waals surface area contributed by atoms with Crippen molar-refractivity contribution in [3.8, 4) is 0 Å². The number of amides is 3. The zero-order chi connectivity index (χ0) is 10.7. The SMILES string of the molecule is O=C(NC(=O)N1CCCC1)c1cccs1. The lowest BCUT2D eigenvalue weighted by Gasteiger charge is -2.14. The van der Waals surface area contributed by atoms with Crippen molar-refractivity contribution in [1.82, 2.24) is 10.2 Å². The highest BCUT2D eigenvalue weighted by Crippen LogP contribution is 2.10. The first kappa shape index (κ1) is 10.2. The number of carbonyl (C=O) groups is 2. The predicted octanol–water partition coefficient (Wildman–Crippen LogP) is 1.69. The molecule has 3 amide bonds. The van der Waals surface area contributed by atoms with Gasteiger partial charge < -0.3 is 4.90 Å². The number of thiophene rings is 1. The Morgan fingerprint density at radius 2 is 2.07 bits per heavy atom. The van der Waals surface area contributed by atoms with E-state index < -0.39 is 0 Å². The van der Waals surface area contributed by atoms with Crippen LogP contribution < -0.4 is 5.32 Å². The van der Waals surface area contributed by atoms with E-state index in [9.17, 15) is 9.59 Å². The van der Waals surface area contributed by atoms with Gasteiger partial charge in [0.15, 0.2) is 0 Å². The van der Waals surface area contributed by atoms with Crippen molar-refractivity contribution in [2.75, 3.05) is 13.1 Å². The van der Waals surface area contributed by atoms with Crippen molar-refractivity contribution < 1.29 is 9.59 Å². The Bertz CT molecular complexity index is 356. The summed E-state index contributed by atoms with van der Waals surface area (Å²) in [4.78, 5) is 25.3. The third kappa shape index (κ3) is 2.36. The van der Waals surface area contributed by atoms with Crippen LogP contribution in [-0.2, 0) is 0 Å². The van der Waals surface area contributed by atoms with Gasteiger partial charge in [-0.15, -0.1) is 11.3 Å². The van der Waals surface area contributed by atoms with Crippen molar-refractivity contribution in [3.05, 3.63) is 22.4 Å². The molecule has 0 unspecified atom stereocenters. The molecule has 4 nitrogen and oxygen atoms in total. The lowest BCUT2D eigenvalue weighted by molar-refractivity contribution is 0.0958. The molecule has 1 fully saturated rings. The Labute approximate surface area is 91.9 Å². The minimum absolute atomic E-state index is 0.272. The summed E-state index contributed by atoms with van der Waals surface area (Å²) in [5, 5.41) is 4.20. The fourth-order valence-electron chi connectivity index (χ4n) is 1.57. The summed E-state index contributed by atoms with van der Waals surface area (Å²) >= 11 is 1.33. The molecule has 1 aromatic heterocycles. The summed E-state index contributed by atoms with van der Waals surface area (Å²) in [6.45, 7) is 1.51. The number of urea groups is 1. The highest BCUT2D eigenvalue weighted by molar-refractivity contribution is 7.12. The van der Waals surface area contributed by atoms with Crippen LogP contribution in [0.25, 0.3) is 0 Å². The summed E-state index contributed by atoms with van der Waals surface area (Å²) in [6.07, 6.45) is 2.06. The second kappa shape index (κ2) is 4.44.